The van der Waals surface area contributed by atoms with Gasteiger partial charge in [0, 0.05) is 32.7 Å². The van der Waals surface area contributed by atoms with Crippen molar-refractivity contribution >= 4 is 10.0 Å². The highest BCUT2D eigenvalue weighted by atomic mass is 32.2. The van der Waals surface area contributed by atoms with E-state index < -0.39 is 10.0 Å². The van der Waals surface area contributed by atoms with Gasteiger partial charge in [-0.05, 0) is 30.9 Å². The molecule has 128 valence electrons. The minimum absolute atomic E-state index is 0.157. The minimum Gasteiger partial charge on any atom is -0.300 e. The van der Waals surface area contributed by atoms with Gasteiger partial charge in [-0.15, -0.1) is 0 Å². The summed E-state index contributed by atoms with van der Waals surface area (Å²) in [5, 5.41) is -0.160. The molecule has 1 aromatic carbocycles. The fourth-order valence-corrected chi connectivity index (χ4v) is 5.61. The summed E-state index contributed by atoms with van der Waals surface area (Å²) in [5.41, 5.74) is 0.730. The summed E-state index contributed by atoms with van der Waals surface area (Å²) in [6.45, 7) is 3.38. The van der Waals surface area contributed by atoms with Crippen molar-refractivity contribution in [3.05, 3.63) is 35.6 Å². The summed E-state index contributed by atoms with van der Waals surface area (Å²) in [5.74, 6) is -0.157. The Kier molecular flexibility index (Phi) is 5.34. The lowest BCUT2D eigenvalue weighted by Gasteiger charge is -2.35. The molecule has 23 heavy (non-hydrogen) atoms. The van der Waals surface area contributed by atoms with Crippen LogP contribution < -0.4 is 0 Å². The molecule has 1 aromatic rings. The average molecular weight is 340 g/mol. The van der Waals surface area contributed by atoms with Gasteiger partial charge in [0.2, 0.25) is 10.0 Å². The molecule has 3 rings (SSSR count). The summed E-state index contributed by atoms with van der Waals surface area (Å²) >= 11 is 0. The Morgan fingerprint density at radius 1 is 1.04 bits per heavy atom. The number of piperazine rings is 1. The molecule has 1 heterocycles. The number of hydrogen-bond acceptors (Lipinski definition) is 3. The number of rotatable bonds is 5. The van der Waals surface area contributed by atoms with Gasteiger partial charge in [-0.3, -0.25) is 0 Å². The molecule has 0 unspecified atom stereocenters. The highest BCUT2D eigenvalue weighted by molar-refractivity contribution is 7.89. The standard InChI is InChI=1S/C17H25FN2O2S/c18-17-8-4-1-5-15(17)9-10-19-11-13-20(14-12-19)23(21,22)16-6-2-3-7-16/h1,4-5,8,16H,2-3,6-7,9-14H2. The number of nitrogens with zero attached hydrogens (tertiary/aromatic N) is 2. The van der Waals surface area contributed by atoms with Crippen molar-refractivity contribution in [1.29, 1.82) is 0 Å². The largest absolute Gasteiger partial charge is 0.300 e. The van der Waals surface area contributed by atoms with Crippen molar-refractivity contribution in [1.82, 2.24) is 9.21 Å². The van der Waals surface area contributed by atoms with E-state index in [4.69, 9.17) is 0 Å². The first-order valence-corrected chi connectivity index (χ1v) is 10.0. The molecule has 1 aliphatic carbocycles. The number of hydrogen-bond donors (Lipinski definition) is 0. The van der Waals surface area contributed by atoms with Crippen LogP contribution in [-0.2, 0) is 16.4 Å². The molecule has 0 bridgehead atoms. The molecule has 0 atom stereocenters. The quantitative estimate of drug-likeness (QED) is 0.825. The third kappa shape index (κ3) is 3.92. The van der Waals surface area contributed by atoms with E-state index in [2.05, 4.69) is 4.90 Å². The van der Waals surface area contributed by atoms with E-state index in [0.717, 1.165) is 50.9 Å². The van der Waals surface area contributed by atoms with E-state index in [1.807, 2.05) is 12.1 Å². The van der Waals surface area contributed by atoms with Crippen molar-refractivity contribution in [2.45, 2.75) is 37.4 Å². The van der Waals surface area contributed by atoms with Crippen LogP contribution in [0.2, 0.25) is 0 Å². The second kappa shape index (κ2) is 7.28. The molecule has 1 saturated heterocycles. The van der Waals surface area contributed by atoms with Crippen molar-refractivity contribution in [2.24, 2.45) is 0 Å². The Bertz CT molecular complexity index is 621. The van der Waals surface area contributed by atoms with Gasteiger partial charge in [0.25, 0.3) is 0 Å². The second-order valence-corrected chi connectivity index (χ2v) is 8.75. The summed E-state index contributed by atoms with van der Waals surface area (Å²) < 4.78 is 40.5. The van der Waals surface area contributed by atoms with Crippen molar-refractivity contribution in [3.8, 4) is 0 Å². The van der Waals surface area contributed by atoms with Crippen LogP contribution in [0.5, 0.6) is 0 Å². The molecular formula is C17H25FN2O2S. The lowest BCUT2D eigenvalue weighted by Crippen LogP contribution is -2.51. The molecule has 0 spiro atoms. The summed E-state index contributed by atoms with van der Waals surface area (Å²) in [6, 6.07) is 6.85. The first-order chi connectivity index (χ1) is 11.1. The summed E-state index contributed by atoms with van der Waals surface area (Å²) in [4.78, 5) is 2.23. The van der Waals surface area contributed by atoms with E-state index >= 15 is 0 Å². The monoisotopic (exact) mass is 340 g/mol. The van der Waals surface area contributed by atoms with Gasteiger partial charge in [-0.2, -0.15) is 4.31 Å². The summed E-state index contributed by atoms with van der Waals surface area (Å²) in [7, 11) is -3.11. The Labute approximate surface area is 138 Å². The van der Waals surface area contributed by atoms with Crippen LogP contribution in [0.25, 0.3) is 0 Å². The second-order valence-electron chi connectivity index (χ2n) is 6.53. The lowest BCUT2D eigenvalue weighted by molar-refractivity contribution is 0.189. The number of benzene rings is 1. The maximum Gasteiger partial charge on any atom is 0.217 e. The zero-order valence-electron chi connectivity index (χ0n) is 13.5. The Hall–Kier alpha value is -0.980. The fraction of sp³-hybridized carbons (Fsp3) is 0.647. The molecule has 4 nitrogen and oxygen atoms in total. The Balaban J connectivity index is 1.49. The Morgan fingerprint density at radius 2 is 1.70 bits per heavy atom. The van der Waals surface area contributed by atoms with E-state index in [-0.39, 0.29) is 11.1 Å². The van der Waals surface area contributed by atoms with Crippen LogP contribution >= 0.6 is 0 Å². The first kappa shape index (κ1) is 16.9. The zero-order chi connectivity index (χ0) is 16.3. The van der Waals surface area contributed by atoms with Gasteiger partial charge in [-0.1, -0.05) is 31.0 Å². The van der Waals surface area contributed by atoms with Gasteiger partial charge in [-0.25, -0.2) is 12.8 Å². The topological polar surface area (TPSA) is 40.6 Å². The van der Waals surface area contributed by atoms with Gasteiger partial charge in [0.15, 0.2) is 0 Å². The molecule has 6 heteroatoms. The molecule has 1 saturated carbocycles. The summed E-state index contributed by atoms with van der Waals surface area (Å²) in [6.07, 6.45) is 4.37. The van der Waals surface area contributed by atoms with Crippen LogP contribution in [0.15, 0.2) is 24.3 Å². The normalized spacial score (nSPS) is 21.8. The zero-order valence-corrected chi connectivity index (χ0v) is 14.3. The number of halogens is 1. The SMILES string of the molecule is O=S(=O)(C1CCCC1)N1CCN(CCc2ccccc2F)CC1. The fourth-order valence-electron chi connectivity index (χ4n) is 3.58. The Morgan fingerprint density at radius 3 is 2.35 bits per heavy atom. The third-order valence-electron chi connectivity index (χ3n) is 5.07. The smallest absolute Gasteiger partial charge is 0.217 e. The maximum absolute atomic E-state index is 13.6. The predicted octanol–water partition coefficient (Wildman–Crippen LogP) is 2.26. The van der Waals surface area contributed by atoms with Crippen molar-refractivity contribution in [3.63, 3.8) is 0 Å². The van der Waals surface area contributed by atoms with Crippen LogP contribution in [0.1, 0.15) is 31.2 Å². The highest BCUT2D eigenvalue weighted by Gasteiger charge is 2.35. The first-order valence-electron chi connectivity index (χ1n) is 8.52. The van der Waals surface area contributed by atoms with Crippen LogP contribution in [0.3, 0.4) is 0 Å². The molecule has 0 N–H and O–H groups in total. The molecule has 1 aliphatic heterocycles. The van der Waals surface area contributed by atoms with Gasteiger partial charge in [0.1, 0.15) is 5.82 Å². The van der Waals surface area contributed by atoms with E-state index in [1.165, 1.54) is 6.07 Å². The van der Waals surface area contributed by atoms with Crippen molar-refractivity contribution in [2.75, 3.05) is 32.7 Å². The van der Waals surface area contributed by atoms with E-state index in [0.29, 0.717) is 19.5 Å². The van der Waals surface area contributed by atoms with E-state index in [1.54, 1.807) is 10.4 Å². The third-order valence-corrected chi connectivity index (χ3v) is 7.47. The molecule has 0 radical (unpaired) electrons. The van der Waals surface area contributed by atoms with Crippen LogP contribution in [-0.4, -0.2) is 55.6 Å². The van der Waals surface area contributed by atoms with Gasteiger partial charge < -0.3 is 4.90 Å². The molecule has 0 aromatic heterocycles. The number of sulfonamides is 1. The van der Waals surface area contributed by atoms with Crippen LogP contribution in [0, 0.1) is 5.82 Å². The molecule has 2 aliphatic rings. The average Bonchev–Trinajstić information content (AvgIpc) is 3.10. The molecular weight excluding hydrogens is 315 g/mol. The molecule has 0 amide bonds. The lowest BCUT2D eigenvalue weighted by atomic mass is 10.1. The minimum atomic E-state index is -3.11. The van der Waals surface area contributed by atoms with Gasteiger partial charge >= 0.3 is 0 Å². The predicted molar refractivity (Wildman–Crippen MR) is 89.3 cm³/mol. The van der Waals surface area contributed by atoms with Crippen molar-refractivity contribution < 1.29 is 12.8 Å². The highest BCUT2D eigenvalue weighted by Crippen LogP contribution is 2.27. The molecule has 2 fully saturated rings. The van der Waals surface area contributed by atoms with E-state index in [9.17, 15) is 12.8 Å². The maximum atomic E-state index is 13.6. The van der Waals surface area contributed by atoms with Crippen LogP contribution in [0.4, 0.5) is 4.39 Å². The van der Waals surface area contributed by atoms with Gasteiger partial charge in [0.05, 0.1) is 5.25 Å².